The van der Waals surface area contributed by atoms with Gasteiger partial charge in [-0.3, -0.25) is 0 Å². The highest BCUT2D eigenvalue weighted by Gasteiger charge is 2.29. The lowest BCUT2D eigenvalue weighted by Gasteiger charge is -2.37. The molecule has 1 saturated heterocycles. The lowest BCUT2D eigenvalue weighted by Crippen LogP contribution is -2.47. The summed E-state index contributed by atoms with van der Waals surface area (Å²) in [5.74, 6) is 0.418. The van der Waals surface area contributed by atoms with Crippen molar-refractivity contribution in [3.8, 4) is 0 Å². The largest absolute Gasteiger partial charge is 0.366 e. The highest BCUT2D eigenvalue weighted by atomic mass is 32.2. The van der Waals surface area contributed by atoms with E-state index in [1.54, 1.807) is 36.4 Å². The molecule has 1 aliphatic heterocycles. The van der Waals surface area contributed by atoms with Crippen molar-refractivity contribution in [1.82, 2.24) is 19.8 Å². The number of benzene rings is 3. The van der Waals surface area contributed by atoms with Gasteiger partial charge in [0.1, 0.15) is 11.6 Å². The molecular weight excluding hydrogens is 479 g/mol. The van der Waals surface area contributed by atoms with E-state index in [0.29, 0.717) is 43.2 Å². The van der Waals surface area contributed by atoms with E-state index in [-0.39, 0.29) is 21.4 Å². The van der Waals surface area contributed by atoms with Crippen molar-refractivity contribution in [2.75, 3.05) is 36.0 Å². The molecule has 3 aromatic carbocycles. The molecule has 1 fully saturated rings. The summed E-state index contributed by atoms with van der Waals surface area (Å²) in [4.78, 5) is 9.07. The van der Waals surface area contributed by atoms with E-state index < -0.39 is 9.84 Å². The van der Waals surface area contributed by atoms with Crippen molar-refractivity contribution < 1.29 is 12.8 Å². The molecule has 182 valence electrons. The molecule has 0 saturated carbocycles. The average molecular weight is 503 g/mol. The van der Waals surface area contributed by atoms with Crippen LogP contribution in [-0.2, 0) is 9.84 Å². The topological polar surface area (TPSA) is 83.7 Å². The fraction of sp³-hybridized carbons (Fsp3) is 0.192. The van der Waals surface area contributed by atoms with Crippen molar-refractivity contribution in [2.24, 2.45) is 0 Å². The number of aryl methyl sites for hydroxylation is 1. The van der Waals surface area contributed by atoms with Gasteiger partial charge >= 0.3 is 0 Å². The van der Waals surface area contributed by atoms with E-state index in [0.717, 1.165) is 10.9 Å². The lowest BCUT2D eigenvalue weighted by atomic mass is 10.2. The maximum Gasteiger partial charge on any atom is 0.229 e. The summed E-state index contributed by atoms with van der Waals surface area (Å²) in [5, 5.41) is 8.88. The number of hydrogen-bond acceptors (Lipinski definition) is 7. The van der Waals surface area contributed by atoms with Crippen molar-refractivity contribution in [3.05, 3.63) is 84.2 Å². The first-order valence-corrected chi connectivity index (χ1v) is 13.1. The van der Waals surface area contributed by atoms with Gasteiger partial charge in [0, 0.05) is 31.6 Å². The number of fused-ring (bicyclic) bond motifs is 3. The Balaban J connectivity index is 1.43. The molecular formula is C26H23FN6O2S. The number of piperazine rings is 1. The van der Waals surface area contributed by atoms with Crippen LogP contribution in [0.4, 0.5) is 15.9 Å². The summed E-state index contributed by atoms with van der Waals surface area (Å²) >= 11 is 0. The predicted molar refractivity (Wildman–Crippen MR) is 136 cm³/mol. The fourth-order valence-corrected chi connectivity index (χ4v) is 5.87. The Labute approximate surface area is 207 Å². The molecule has 0 unspecified atom stereocenters. The van der Waals surface area contributed by atoms with Crippen molar-refractivity contribution in [2.45, 2.75) is 16.8 Å². The third-order valence-electron chi connectivity index (χ3n) is 6.56. The van der Waals surface area contributed by atoms with Crippen LogP contribution >= 0.6 is 0 Å². The molecule has 0 N–H and O–H groups in total. The quantitative estimate of drug-likeness (QED) is 0.369. The van der Waals surface area contributed by atoms with E-state index in [2.05, 4.69) is 15.2 Å². The highest BCUT2D eigenvalue weighted by molar-refractivity contribution is 7.91. The minimum atomic E-state index is -3.93. The molecule has 8 nitrogen and oxygen atoms in total. The predicted octanol–water partition coefficient (Wildman–Crippen LogP) is 3.88. The van der Waals surface area contributed by atoms with Gasteiger partial charge in [0.05, 0.1) is 16.1 Å². The Morgan fingerprint density at radius 1 is 0.833 bits per heavy atom. The lowest BCUT2D eigenvalue weighted by molar-refractivity contribution is 0.592. The standard InChI is InChI=1S/C26H23FN6O2S/c1-18-10-12-19(13-11-18)36(34,35)26-25-28-24(20-6-2-4-8-22(20)33(25)30-29-26)32-16-14-31(15-17-32)23-9-5-3-7-21(23)27/h2-13H,14-17H2,1H3. The first-order valence-electron chi connectivity index (χ1n) is 11.6. The van der Waals surface area contributed by atoms with Gasteiger partial charge in [-0.1, -0.05) is 47.2 Å². The Hall–Kier alpha value is -4.05. The molecule has 0 spiro atoms. The first-order chi connectivity index (χ1) is 17.4. The maximum atomic E-state index is 14.3. The molecule has 6 rings (SSSR count). The molecule has 1 aliphatic rings. The number of aromatic nitrogens is 4. The minimum Gasteiger partial charge on any atom is -0.366 e. The van der Waals surface area contributed by atoms with Crippen LogP contribution in [0.3, 0.4) is 0 Å². The normalized spacial score (nSPS) is 14.6. The third-order valence-corrected chi connectivity index (χ3v) is 8.23. The molecule has 10 heteroatoms. The number of halogens is 1. The van der Waals surface area contributed by atoms with Crippen LogP contribution in [0, 0.1) is 12.7 Å². The first kappa shape index (κ1) is 22.4. The Bertz CT molecular complexity index is 1690. The molecule has 0 amide bonds. The maximum absolute atomic E-state index is 14.3. The van der Waals surface area contributed by atoms with Crippen LogP contribution in [0.2, 0.25) is 0 Å². The van der Waals surface area contributed by atoms with E-state index in [1.807, 2.05) is 42.2 Å². The van der Waals surface area contributed by atoms with Gasteiger partial charge < -0.3 is 9.80 Å². The fourth-order valence-electron chi connectivity index (χ4n) is 4.64. The number of sulfone groups is 1. The second-order valence-electron chi connectivity index (χ2n) is 8.82. The molecule has 0 radical (unpaired) electrons. The summed E-state index contributed by atoms with van der Waals surface area (Å²) in [6, 6.07) is 21.0. The summed E-state index contributed by atoms with van der Waals surface area (Å²) in [5.41, 5.74) is 2.44. The molecule has 0 bridgehead atoms. The third kappa shape index (κ3) is 3.65. The van der Waals surface area contributed by atoms with Crippen LogP contribution in [0.5, 0.6) is 0 Å². The van der Waals surface area contributed by atoms with Crippen molar-refractivity contribution in [1.29, 1.82) is 0 Å². The number of anilines is 2. The van der Waals surface area contributed by atoms with E-state index >= 15 is 0 Å². The van der Waals surface area contributed by atoms with Crippen molar-refractivity contribution >= 4 is 37.9 Å². The van der Waals surface area contributed by atoms with Crippen LogP contribution in [0.15, 0.2) is 82.7 Å². The van der Waals surface area contributed by atoms with E-state index in [1.165, 1.54) is 10.6 Å². The summed E-state index contributed by atoms with van der Waals surface area (Å²) in [6.07, 6.45) is 0. The van der Waals surface area contributed by atoms with Gasteiger partial charge in [-0.15, -0.1) is 5.10 Å². The van der Waals surface area contributed by atoms with Gasteiger partial charge in [0.2, 0.25) is 14.9 Å². The van der Waals surface area contributed by atoms with Gasteiger partial charge in [-0.25, -0.2) is 17.8 Å². The molecule has 5 aromatic rings. The zero-order valence-corrected chi connectivity index (χ0v) is 20.4. The molecule has 36 heavy (non-hydrogen) atoms. The van der Waals surface area contributed by atoms with Crippen LogP contribution in [0.25, 0.3) is 16.6 Å². The second-order valence-corrected chi connectivity index (χ2v) is 10.7. The van der Waals surface area contributed by atoms with Gasteiger partial charge in [-0.05, 0) is 43.3 Å². The van der Waals surface area contributed by atoms with Gasteiger partial charge in [-0.2, -0.15) is 4.52 Å². The van der Waals surface area contributed by atoms with Crippen LogP contribution < -0.4 is 9.80 Å². The molecule has 0 atom stereocenters. The number of nitrogens with zero attached hydrogens (tertiary/aromatic N) is 6. The number of para-hydroxylation sites is 2. The average Bonchev–Trinajstić information content (AvgIpc) is 3.34. The Morgan fingerprint density at radius 2 is 1.50 bits per heavy atom. The molecule has 3 heterocycles. The zero-order chi connectivity index (χ0) is 24.9. The Morgan fingerprint density at radius 3 is 2.25 bits per heavy atom. The van der Waals surface area contributed by atoms with E-state index in [4.69, 9.17) is 4.98 Å². The summed E-state index contributed by atoms with van der Waals surface area (Å²) < 4.78 is 42.7. The number of rotatable bonds is 4. The SMILES string of the molecule is Cc1ccc(S(=O)(=O)c2nnn3c2nc(N2CCN(c4ccccc4F)CC2)c2ccccc23)cc1. The highest BCUT2D eigenvalue weighted by Crippen LogP contribution is 2.31. The summed E-state index contributed by atoms with van der Waals surface area (Å²) in [7, 11) is -3.93. The zero-order valence-electron chi connectivity index (χ0n) is 19.5. The second kappa shape index (κ2) is 8.56. The van der Waals surface area contributed by atoms with Gasteiger partial charge in [0.25, 0.3) is 0 Å². The minimum absolute atomic E-state index is 0.144. The van der Waals surface area contributed by atoms with Crippen LogP contribution in [-0.4, -0.2) is 54.4 Å². The monoisotopic (exact) mass is 502 g/mol. The smallest absolute Gasteiger partial charge is 0.229 e. The molecule has 0 aliphatic carbocycles. The van der Waals surface area contributed by atoms with Gasteiger partial charge in [0.15, 0.2) is 5.65 Å². The van der Waals surface area contributed by atoms with Crippen molar-refractivity contribution in [3.63, 3.8) is 0 Å². The summed E-state index contributed by atoms with van der Waals surface area (Å²) in [6.45, 7) is 4.31. The van der Waals surface area contributed by atoms with E-state index in [9.17, 15) is 12.8 Å². The number of hydrogen-bond donors (Lipinski definition) is 0. The Kier molecular flexibility index (Phi) is 5.33. The van der Waals surface area contributed by atoms with Crippen LogP contribution in [0.1, 0.15) is 5.56 Å². The molecule has 2 aromatic heterocycles.